The second kappa shape index (κ2) is 9.17. The molecular formula is C26H20ClN3O2S. The summed E-state index contributed by atoms with van der Waals surface area (Å²) in [6, 6.07) is 22.0. The molecule has 0 radical (unpaired) electrons. The molecule has 33 heavy (non-hydrogen) atoms. The zero-order valence-electron chi connectivity index (χ0n) is 17.9. The van der Waals surface area contributed by atoms with E-state index in [2.05, 4.69) is 32.7 Å². The lowest BCUT2D eigenvalue weighted by atomic mass is 10.0. The third-order valence-corrected chi connectivity index (χ3v) is 6.82. The van der Waals surface area contributed by atoms with Crippen LogP contribution in [0.5, 0.6) is 0 Å². The summed E-state index contributed by atoms with van der Waals surface area (Å²) in [5.74, 6) is -0.435. The van der Waals surface area contributed by atoms with Crippen LogP contribution in [0, 0.1) is 0 Å². The van der Waals surface area contributed by atoms with Crippen LogP contribution in [0.15, 0.2) is 79.3 Å². The van der Waals surface area contributed by atoms with E-state index < -0.39 is 5.97 Å². The van der Waals surface area contributed by atoms with Crippen LogP contribution in [0.3, 0.4) is 0 Å². The van der Waals surface area contributed by atoms with E-state index in [-0.39, 0.29) is 0 Å². The largest absolute Gasteiger partial charge is 0.464 e. The van der Waals surface area contributed by atoms with Gasteiger partial charge >= 0.3 is 5.97 Å². The summed E-state index contributed by atoms with van der Waals surface area (Å²) in [6.07, 6.45) is 4.21. The standard InChI is InChI=1S/C26H20ClN3O2S/c1-32-26(31)24-25(22-8-4-6-18-5-2-3-7-21(18)22)33-23(29-24)13-20-14-28-16-30(20)15-17-9-11-19(27)12-10-17/h2-12,14,16H,13,15H2,1H3. The minimum absolute atomic E-state index is 0.345. The molecule has 0 spiro atoms. The van der Waals surface area contributed by atoms with Gasteiger partial charge in [-0.25, -0.2) is 14.8 Å². The van der Waals surface area contributed by atoms with Gasteiger partial charge in [0, 0.05) is 35.4 Å². The summed E-state index contributed by atoms with van der Waals surface area (Å²) in [5, 5.41) is 3.73. The summed E-state index contributed by atoms with van der Waals surface area (Å²) < 4.78 is 7.13. The quantitative estimate of drug-likeness (QED) is 0.274. The van der Waals surface area contributed by atoms with Crippen molar-refractivity contribution in [1.29, 1.82) is 0 Å². The number of methoxy groups -OCH3 is 1. The Bertz CT molecular complexity index is 1430. The zero-order valence-corrected chi connectivity index (χ0v) is 19.4. The highest BCUT2D eigenvalue weighted by atomic mass is 35.5. The molecule has 2 heterocycles. The fourth-order valence-corrected chi connectivity index (χ4v) is 5.09. The third kappa shape index (κ3) is 4.40. The van der Waals surface area contributed by atoms with Gasteiger partial charge in [0.25, 0.3) is 0 Å². The van der Waals surface area contributed by atoms with Crippen molar-refractivity contribution < 1.29 is 9.53 Å². The Kier molecular flexibility index (Phi) is 5.94. The van der Waals surface area contributed by atoms with Crippen LogP contribution in [-0.4, -0.2) is 27.6 Å². The van der Waals surface area contributed by atoms with Crippen LogP contribution in [0.1, 0.15) is 26.8 Å². The third-order valence-electron chi connectivity index (χ3n) is 5.48. The maximum absolute atomic E-state index is 12.6. The Morgan fingerprint density at radius 3 is 2.67 bits per heavy atom. The summed E-state index contributed by atoms with van der Waals surface area (Å²) in [5.41, 5.74) is 3.47. The van der Waals surface area contributed by atoms with Gasteiger partial charge in [-0.1, -0.05) is 66.2 Å². The number of carbonyl (C=O) groups is 1. The summed E-state index contributed by atoms with van der Waals surface area (Å²) in [6.45, 7) is 0.678. The number of thiazole rings is 1. The van der Waals surface area contributed by atoms with E-state index in [1.54, 1.807) is 0 Å². The molecule has 3 aromatic carbocycles. The molecule has 0 fully saturated rings. The highest BCUT2D eigenvalue weighted by Gasteiger charge is 2.22. The van der Waals surface area contributed by atoms with Crippen LogP contribution in [0.2, 0.25) is 5.02 Å². The van der Waals surface area contributed by atoms with Crippen molar-refractivity contribution in [3.8, 4) is 10.4 Å². The lowest BCUT2D eigenvalue weighted by Crippen LogP contribution is -2.05. The topological polar surface area (TPSA) is 57.0 Å². The Labute approximate surface area is 200 Å². The van der Waals surface area contributed by atoms with Crippen molar-refractivity contribution in [2.45, 2.75) is 13.0 Å². The highest BCUT2D eigenvalue weighted by molar-refractivity contribution is 7.15. The van der Waals surface area contributed by atoms with Gasteiger partial charge in [-0.2, -0.15) is 0 Å². The van der Waals surface area contributed by atoms with Crippen molar-refractivity contribution >= 4 is 39.7 Å². The van der Waals surface area contributed by atoms with Crippen LogP contribution in [0.4, 0.5) is 0 Å². The van der Waals surface area contributed by atoms with E-state index in [0.717, 1.165) is 37.5 Å². The molecule has 0 bridgehead atoms. The zero-order chi connectivity index (χ0) is 22.8. The molecule has 164 valence electrons. The predicted octanol–water partition coefficient (Wildman–Crippen LogP) is 6.24. The van der Waals surface area contributed by atoms with E-state index in [0.29, 0.717) is 23.7 Å². The van der Waals surface area contributed by atoms with Crippen molar-refractivity contribution in [3.63, 3.8) is 0 Å². The Hall–Kier alpha value is -3.48. The lowest BCUT2D eigenvalue weighted by Gasteiger charge is -2.07. The first kappa shape index (κ1) is 21.4. The number of nitrogens with zero attached hydrogens (tertiary/aromatic N) is 3. The van der Waals surface area contributed by atoms with Crippen LogP contribution in [0.25, 0.3) is 21.2 Å². The van der Waals surface area contributed by atoms with E-state index in [4.69, 9.17) is 16.3 Å². The number of benzene rings is 3. The van der Waals surface area contributed by atoms with Gasteiger partial charge in [0.1, 0.15) is 5.01 Å². The van der Waals surface area contributed by atoms with Crippen molar-refractivity contribution in [3.05, 3.63) is 106 Å². The fraction of sp³-hybridized carbons (Fsp3) is 0.115. The maximum Gasteiger partial charge on any atom is 0.358 e. The molecule has 0 saturated heterocycles. The average Bonchev–Trinajstić information content (AvgIpc) is 3.47. The van der Waals surface area contributed by atoms with Crippen LogP contribution in [-0.2, 0) is 17.7 Å². The first-order chi connectivity index (χ1) is 16.1. The van der Waals surface area contributed by atoms with Crippen LogP contribution < -0.4 is 0 Å². The molecule has 0 atom stereocenters. The molecular weight excluding hydrogens is 454 g/mol. The molecule has 5 rings (SSSR count). The van der Waals surface area contributed by atoms with Gasteiger partial charge in [-0.05, 0) is 28.5 Å². The first-order valence-corrected chi connectivity index (χ1v) is 11.6. The molecule has 0 saturated carbocycles. The van der Waals surface area contributed by atoms with Gasteiger partial charge in [-0.3, -0.25) is 0 Å². The minimum atomic E-state index is -0.435. The second-order valence-corrected chi connectivity index (χ2v) is 9.14. The number of hydrogen-bond acceptors (Lipinski definition) is 5. The predicted molar refractivity (Wildman–Crippen MR) is 132 cm³/mol. The number of rotatable bonds is 6. The Balaban J connectivity index is 1.51. The van der Waals surface area contributed by atoms with Gasteiger partial charge in [0.2, 0.25) is 0 Å². The number of hydrogen-bond donors (Lipinski definition) is 0. The molecule has 0 unspecified atom stereocenters. The number of fused-ring (bicyclic) bond motifs is 1. The number of ether oxygens (including phenoxy) is 1. The normalized spacial score (nSPS) is 11.1. The molecule has 0 aliphatic heterocycles. The fourth-order valence-electron chi connectivity index (χ4n) is 3.86. The van der Waals surface area contributed by atoms with E-state index in [9.17, 15) is 4.79 Å². The molecule has 7 heteroatoms. The second-order valence-electron chi connectivity index (χ2n) is 7.62. The number of imidazole rings is 1. The van der Waals surface area contributed by atoms with Gasteiger partial charge < -0.3 is 9.30 Å². The van der Waals surface area contributed by atoms with E-state index in [1.807, 2.05) is 61.1 Å². The van der Waals surface area contributed by atoms with Gasteiger partial charge in [0.15, 0.2) is 5.69 Å². The Morgan fingerprint density at radius 2 is 1.85 bits per heavy atom. The monoisotopic (exact) mass is 473 g/mol. The smallest absolute Gasteiger partial charge is 0.358 e. The molecule has 0 aliphatic rings. The van der Waals surface area contributed by atoms with E-state index in [1.165, 1.54) is 18.4 Å². The summed E-state index contributed by atoms with van der Waals surface area (Å²) in [4.78, 5) is 22.4. The number of esters is 1. The maximum atomic E-state index is 12.6. The average molecular weight is 474 g/mol. The molecule has 5 nitrogen and oxygen atoms in total. The van der Waals surface area contributed by atoms with E-state index >= 15 is 0 Å². The molecule has 0 amide bonds. The number of aromatic nitrogens is 3. The SMILES string of the molecule is COC(=O)c1nc(Cc2cncn2Cc2ccc(Cl)cc2)sc1-c1cccc2ccccc12. The molecule has 0 N–H and O–H groups in total. The lowest BCUT2D eigenvalue weighted by molar-refractivity contribution is 0.0595. The molecule has 5 aromatic rings. The van der Waals surface area contributed by atoms with Crippen molar-refractivity contribution in [1.82, 2.24) is 14.5 Å². The number of halogens is 1. The van der Waals surface area contributed by atoms with Crippen LogP contribution >= 0.6 is 22.9 Å². The van der Waals surface area contributed by atoms with Crippen molar-refractivity contribution in [2.24, 2.45) is 0 Å². The van der Waals surface area contributed by atoms with Gasteiger partial charge in [-0.15, -0.1) is 11.3 Å². The van der Waals surface area contributed by atoms with Crippen molar-refractivity contribution in [2.75, 3.05) is 7.11 Å². The highest BCUT2D eigenvalue weighted by Crippen LogP contribution is 2.36. The molecule has 0 aliphatic carbocycles. The van der Waals surface area contributed by atoms with Gasteiger partial charge in [0.05, 0.1) is 18.3 Å². The summed E-state index contributed by atoms with van der Waals surface area (Å²) in [7, 11) is 1.38. The number of carbonyl (C=O) groups excluding carboxylic acids is 1. The summed E-state index contributed by atoms with van der Waals surface area (Å²) >= 11 is 7.53. The minimum Gasteiger partial charge on any atom is -0.464 e. The first-order valence-electron chi connectivity index (χ1n) is 10.4. The Morgan fingerprint density at radius 1 is 1.06 bits per heavy atom. The molecule has 2 aromatic heterocycles.